The first-order chi connectivity index (χ1) is 13.3. The Bertz CT molecular complexity index is 908. The third kappa shape index (κ3) is 4.87. The van der Waals surface area contributed by atoms with E-state index in [9.17, 15) is 19.3 Å². The maximum absolute atomic E-state index is 13.2. The zero-order chi connectivity index (χ0) is 20.3. The van der Waals surface area contributed by atoms with E-state index in [4.69, 9.17) is 23.2 Å². The van der Waals surface area contributed by atoms with Gasteiger partial charge in [-0.1, -0.05) is 23.2 Å². The van der Waals surface area contributed by atoms with Crippen LogP contribution in [0.1, 0.15) is 0 Å². The van der Waals surface area contributed by atoms with Crippen LogP contribution in [0.15, 0.2) is 41.3 Å². The van der Waals surface area contributed by atoms with E-state index < -0.39 is 10.7 Å². The Labute approximate surface area is 175 Å². The molecule has 28 heavy (non-hydrogen) atoms. The smallest absolute Gasteiger partial charge is 0.294 e. The highest BCUT2D eigenvalue weighted by Crippen LogP contribution is 2.32. The molecule has 0 aliphatic carbocycles. The van der Waals surface area contributed by atoms with E-state index in [1.54, 1.807) is 23.1 Å². The number of hydrogen-bond acceptors (Lipinski definition) is 5. The highest BCUT2D eigenvalue weighted by molar-refractivity contribution is 8.00. The molecule has 1 amide bonds. The molecule has 0 saturated carbocycles. The molecule has 0 spiro atoms. The van der Waals surface area contributed by atoms with Gasteiger partial charge in [-0.15, -0.1) is 11.8 Å². The van der Waals surface area contributed by atoms with Crippen LogP contribution >= 0.6 is 35.0 Å². The molecule has 0 aromatic heterocycles. The quantitative estimate of drug-likeness (QED) is 0.387. The molecule has 1 saturated heterocycles. The summed E-state index contributed by atoms with van der Waals surface area (Å²) in [4.78, 5) is 27.6. The van der Waals surface area contributed by atoms with Crippen LogP contribution in [0.2, 0.25) is 10.0 Å². The molecule has 0 N–H and O–H groups in total. The zero-order valence-electron chi connectivity index (χ0n) is 14.6. The molecule has 3 rings (SSSR count). The number of hydrogen-bond donors (Lipinski definition) is 0. The number of amides is 1. The van der Waals surface area contributed by atoms with Gasteiger partial charge in [0.2, 0.25) is 5.91 Å². The van der Waals surface area contributed by atoms with Crippen molar-refractivity contribution in [1.82, 2.24) is 4.90 Å². The molecule has 10 heteroatoms. The van der Waals surface area contributed by atoms with Gasteiger partial charge < -0.3 is 9.80 Å². The van der Waals surface area contributed by atoms with Crippen molar-refractivity contribution in [3.05, 3.63) is 62.4 Å². The predicted octanol–water partition coefficient (Wildman–Crippen LogP) is 4.48. The minimum absolute atomic E-state index is 0.0237. The lowest BCUT2D eigenvalue weighted by Crippen LogP contribution is -2.49. The predicted molar refractivity (Wildman–Crippen MR) is 109 cm³/mol. The average Bonchev–Trinajstić information content (AvgIpc) is 2.68. The van der Waals surface area contributed by atoms with E-state index in [0.29, 0.717) is 36.9 Å². The lowest BCUT2D eigenvalue weighted by Gasteiger charge is -2.35. The van der Waals surface area contributed by atoms with Crippen LogP contribution in [0.25, 0.3) is 0 Å². The summed E-state index contributed by atoms with van der Waals surface area (Å²) in [5.74, 6) is -0.330. The molecule has 1 aliphatic rings. The monoisotopic (exact) mass is 443 g/mol. The maximum atomic E-state index is 13.2. The molecule has 6 nitrogen and oxygen atoms in total. The van der Waals surface area contributed by atoms with Crippen LogP contribution in [-0.4, -0.2) is 47.7 Å². The Morgan fingerprint density at radius 2 is 1.86 bits per heavy atom. The fraction of sp³-hybridized carbons (Fsp3) is 0.278. The largest absolute Gasteiger partial charge is 0.362 e. The Kier molecular flexibility index (Phi) is 6.64. The number of nitro groups is 1. The number of anilines is 1. The van der Waals surface area contributed by atoms with Crippen LogP contribution < -0.4 is 4.90 Å². The van der Waals surface area contributed by atoms with Crippen LogP contribution in [-0.2, 0) is 4.79 Å². The first-order valence-electron chi connectivity index (χ1n) is 8.39. The summed E-state index contributed by atoms with van der Waals surface area (Å²) < 4.78 is 13.2. The molecule has 1 fully saturated rings. The van der Waals surface area contributed by atoms with Gasteiger partial charge in [-0.05, 0) is 30.3 Å². The van der Waals surface area contributed by atoms with Gasteiger partial charge in [-0.25, -0.2) is 4.39 Å². The van der Waals surface area contributed by atoms with Crippen molar-refractivity contribution in [3.63, 3.8) is 0 Å². The topological polar surface area (TPSA) is 66.7 Å². The molecular weight excluding hydrogens is 428 g/mol. The molecule has 2 aromatic carbocycles. The van der Waals surface area contributed by atoms with Crippen molar-refractivity contribution in [2.24, 2.45) is 0 Å². The number of halogens is 3. The first-order valence-corrected chi connectivity index (χ1v) is 10.1. The van der Waals surface area contributed by atoms with E-state index in [-0.39, 0.29) is 22.4 Å². The van der Waals surface area contributed by atoms with Crippen LogP contribution in [0.4, 0.5) is 15.8 Å². The van der Waals surface area contributed by atoms with Crippen molar-refractivity contribution < 1.29 is 14.1 Å². The molecule has 0 bridgehead atoms. The fourth-order valence-electron chi connectivity index (χ4n) is 2.91. The molecule has 1 aliphatic heterocycles. The van der Waals surface area contributed by atoms with E-state index in [1.807, 2.05) is 4.90 Å². The number of carbonyl (C=O) groups excluding carboxylic acids is 1. The minimum atomic E-state index is -0.496. The molecular formula is C18H16Cl2FN3O3S. The summed E-state index contributed by atoms with van der Waals surface area (Å²) in [6, 6.07) is 8.92. The molecule has 1 heterocycles. The third-order valence-corrected chi connectivity index (χ3v) is 5.86. The molecule has 0 unspecified atom stereocenters. The normalized spacial score (nSPS) is 14.2. The Morgan fingerprint density at radius 1 is 1.14 bits per heavy atom. The van der Waals surface area contributed by atoms with E-state index in [0.717, 1.165) is 4.90 Å². The van der Waals surface area contributed by atoms with Gasteiger partial charge in [0.25, 0.3) is 5.69 Å². The highest BCUT2D eigenvalue weighted by atomic mass is 35.5. The molecule has 2 aromatic rings. The van der Waals surface area contributed by atoms with Crippen molar-refractivity contribution >= 4 is 52.2 Å². The zero-order valence-corrected chi connectivity index (χ0v) is 16.9. The number of thioether (sulfide) groups is 1. The van der Waals surface area contributed by atoms with Gasteiger partial charge in [-0.2, -0.15) is 0 Å². The second-order valence-electron chi connectivity index (χ2n) is 6.12. The lowest BCUT2D eigenvalue weighted by atomic mass is 10.2. The SMILES string of the molecule is O=C(CSc1ccc(F)c(Cl)c1)N1CCN(c2ccc(Cl)cc2[N+](=O)[O-])CC1. The highest BCUT2D eigenvalue weighted by Gasteiger charge is 2.26. The number of carbonyl (C=O) groups is 1. The first kappa shape index (κ1) is 20.7. The Morgan fingerprint density at radius 3 is 2.50 bits per heavy atom. The number of benzene rings is 2. The fourth-order valence-corrected chi connectivity index (χ4v) is 4.16. The van der Waals surface area contributed by atoms with Crippen molar-refractivity contribution in [1.29, 1.82) is 0 Å². The van der Waals surface area contributed by atoms with Crippen molar-refractivity contribution in [2.45, 2.75) is 4.90 Å². The summed E-state index contributed by atoms with van der Waals surface area (Å²) in [5, 5.41) is 11.6. The van der Waals surface area contributed by atoms with Gasteiger partial charge >= 0.3 is 0 Å². The van der Waals surface area contributed by atoms with Gasteiger partial charge in [-0.3, -0.25) is 14.9 Å². The van der Waals surface area contributed by atoms with Crippen molar-refractivity contribution in [2.75, 3.05) is 36.8 Å². The van der Waals surface area contributed by atoms with E-state index in [2.05, 4.69) is 0 Å². The summed E-state index contributed by atoms with van der Waals surface area (Å²) in [6.45, 7) is 1.90. The lowest BCUT2D eigenvalue weighted by molar-refractivity contribution is -0.384. The van der Waals surface area contributed by atoms with Crippen LogP contribution in [0.5, 0.6) is 0 Å². The third-order valence-electron chi connectivity index (χ3n) is 4.36. The molecule has 0 radical (unpaired) electrons. The minimum Gasteiger partial charge on any atom is -0.362 e. The number of piperazine rings is 1. The Hall–Kier alpha value is -2.03. The number of rotatable bonds is 5. The molecule has 0 atom stereocenters. The number of nitro benzene ring substituents is 1. The number of nitrogens with zero attached hydrogens (tertiary/aromatic N) is 3. The van der Waals surface area contributed by atoms with Gasteiger partial charge in [0.15, 0.2) is 0 Å². The summed E-state index contributed by atoms with van der Waals surface area (Å²) in [6.07, 6.45) is 0. The average molecular weight is 444 g/mol. The second kappa shape index (κ2) is 8.98. The summed E-state index contributed by atoms with van der Waals surface area (Å²) >= 11 is 12.9. The standard InChI is InChI=1S/C18H16Cl2FN3O3S/c19-12-1-4-16(17(9-12)24(26)27)22-5-7-23(8-6-22)18(25)11-28-13-2-3-15(21)14(20)10-13/h1-4,9-10H,5-8,11H2. The maximum Gasteiger partial charge on any atom is 0.294 e. The van der Waals surface area contributed by atoms with Crippen LogP contribution in [0.3, 0.4) is 0 Å². The van der Waals surface area contributed by atoms with E-state index >= 15 is 0 Å². The van der Waals surface area contributed by atoms with Gasteiger partial charge in [0, 0.05) is 42.2 Å². The summed E-state index contributed by atoms with van der Waals surface area (Å²) in [5.41, 5.74) is 0.452. The second-order valence-corrected chi connectivity index (χ2v) is 8.01. The van der Waals surface area contributed by atoms with Crippen LogP contribution in [0, 0.1) is 15.9 Å². The van der Waals surface area contributed by atoms with E-state index in [1.165, 1.54) is 30.0 Å². The van der Waals surface area contributed by atoms with Crippen molar-refractivity contribution in [3.8, 4) is 0 Å². The van der Waals surface area contributed by atoms with Gasteiger partial charge in [0.05, 0.1) is 15.7 Å². The Balaban J connectivity index is 1.57. The van der Waals surface area contributed by atoms with Gasteiger partial charge in [0.1, 0.15) is 11.5 Å². The summed E-state index contributed by atoms with van der Waals surface area (Å²) in [7, 11) is 0. The molecule has 148 valence electrons.